The molecule has 0 aliphatic carbocycles. The molecule has 1 nitrogen and oxygen atoms in total. The van der Waals surface area contributed by atoms with Crippen LogP contribution in [0, 0.1) is 5.92 Å². The number of hydrogen-bond donors (Lipinski definition) is 1. The standard InChI is InChI=1S/C8H15N.C2H6/c1-6(2)8-5-4-7(3)9-8;1-2/h5-7,9H,4H2,1-3H3;1-2H3. The van der Waals surface area contributed by atoms with Gasteiger partial charge in [0.05, 0.1) is 0 Å². The Bertz CT molecular complexity index is 125. The summed E-state index contributed by atoms with van der Waals surface area (Å²) < 4.78 is 0. The van der Waals surface area contributed by atoms with Gasteiger partial charge in [0.1, 0.15) is 0 Å². The van der Waals surface area contributed by atoms with E-state index in [0.717, 1.165) is 0 Å². The first kappa shape index (κ1) is 10.5. The van der Waals surface area contributed by atoms with Crippen molar-refractivity contribution in [2.24, 2.45) is 5.92 Å². The summed E-state index contributed by atoms with van der Waals surface area (Å²) in [7, 11) is 0. The summed E-state index contributed by atoms with van der Waals surface area (Å²) in [5, 5.41) is 3.41. The van der Waals surface area contributed by atoms with Gasteiger partial charge in [-0.15, -0.1) is 0 Å². The van der Waals surface area contributed by atoms with E-state index < -0.39 is 0 Å². The topological polar surface area (TPSA) is 12.0 Å². The Morgan fingerprint density at radius 2 is 2.00 bits per heavy atom. The van der Waals surface area contributed by atoms with Crippen LogP contribution in [0.15, 0.2) is 11.8 Å². The first-order valence-corrected chi connectivity index (χ1v) is 4.66. The summed E-state index contributed by atoms with van der Waals surface area (Å²) in [6.07, 6.45) is 3.50. The zero-order chi connectivity index (χ0) is 8.85. The van der Waals surface area contributed by atoms with Crippen molar-refractivity contribution in [1.82, 2.24) is 5.32 Å². The summed E-state index contributed by atoms with van der Waals surface area (Å²) in [4.78, 5) is 0. The van der Waals surface area contributed by atoms with Crippen LogP contribution in [0.4, 0.5) is 0 Å². The molecule has 0 saturated heterocycles. The lowest BCUT2D eigenvalue weighted by Gasteiger charge is -2.10. The molecule has 1 rings (SSSR count). The predicted molar refractivity (Wildman–Crippen MR) is 51.5 cm³/mol. The van der Waals surface area contributed by atoms with Crippen LogP contribution in [0.25, 0.3) is 0 Å². The van der Waals surface area contributed by atoms with E-state index in [0.29, 0.717) is 12.0 Å². The zero-order valence-electron chi connectivity index (χ0n) is 8.44. The molecule has 1 aliphatic heterocycles. The molecule has 66 valence electrons. The molecule has 1 aliphatic rings. The first-order chi connectivity index (χ1) is 5.20. The van der Waals surface area contributed by atoms with Gasteiger partial charge < -0.3 is 5.32 Å². The van der Waals surface area contributed by atoms with Crippen LogP contribution in [0.2, 0.25) is 0 Å². The highest BCUT2D eigenvalue weighted by Gasteiger charge is 2.12. The number of hydrogen-bond acceptors (Lipinski definition) is 1. The zero-order valence-corrected chi connectivity index (χ0v) is 8.44. The Morgan fingerprint density at radius 3 is 2.18 bits per heavy atom. The SMILES string of the molecule is CC.CC1CC=C(C(C)C)N1. The van der Waals surface area contributed by atoms with Crippen LogP contribution in [0.3, 0.4) is 0 Å². The molecule has 0 amide bonds. The predicted octanol–water partition coefficient (Wildman–Crippen LogP) is 2.93. The average Bonchev–Trinajstić information content (AvgIpc) is 2.40. The smallest absolute Gasteiger partial charge is 0.0265 e. The maximum absolute atomic E-state index is 3.41. The van der Waals surface area contributed by atoms with Gasteiger partial charge in [-0.2, -0.15) is 0 Å². The Balaban J connectivity index is 0.000000461. The Hall–Kier alpha value is -0.460. The van der Waals surface area contributed by atoms with Gasteiger partial charge in [0, 0.05) is 11.7 Å². The van der Waals surface area contributed by atoms with E-state index in [9.17, 15) is 0 Å². The highest BCUT2D eigenvalue weighted by molar-refractivity contribution is 5.10. The number of nitrogens with one attached hydrogen (secondary N) is 1. The Morgan fingerprint density at radius 1 is 1.45 bits per heavy atom. The third-order valence-electron chi connectivity index (χ3n) is 1.73. The Kier molecular flexibility index (Phi) is 5.01. The third-order valence-corrected chi connectivity index (χ3v) is 1.73. The second kappa shape index (κ2) is 5.22. The quantitative estimate of drug-likeness (QED) is 0.614. The fourth-order valence-corrected chi connectivity index (χ4v) is 1.11. The van der Waals surface area contributed by atoms with Gasteiger partial charge in [-0.25, -0.2) is 0 Å². The molecular weight excluding hydrogens is 134 g/mol. The van der Waals surface area contributed by atoms with Crippen molar-refractivity contribution in [3.05, 3.63) is 11.8 Å². The van der Waals surface area contributed by atoms with Crippen molar-refractivity contribution >= 4 is 0 Å². The summed E-state index contributed by atoms with van der Waals surface area (Å²) in [5.74, 6) is 0.676. The van der Waals surface area contributed by atoms with Crippen molar-refractivity contribution in [1.29, 1.82) is 0 Å². The van der Waals surface area contributed by atoms with Crippen LogP contribution in [-0.4, -0.2) is 6.04 Å². The number of allylic oxidation sites excluding steroid dienone is 1. The molecule has 1 N–H and O–H groups in total. The van der Waals surface area contributed by atoms with Gasteiger partial charge in [0.25, 0.3) is 0 Å². The van der Waals surface area contributed by atoms with Crippen LogP contribution in [0.5, 0.6) is 0 Å². The lowest BCUT2D eigenvalue weighted by molar-refractivity contribution is 0.610. The summed E-state index contributed by atoms with van der Waals surface area (Å²) in [6.45, 7) is 10.7. The molecule has 0 aromatic heterocycles. The molecular formula is C10H21N. The van der Waals surface area contributed by atoms with Gasteiger partial charge in [-0.05, 0) is 19.3 Å². The fourth-order valence-electron chi connectivity index (χ4n) is 1.11. The van der Waals surface area contributed by atoms with Crippen LogP contribution in [-0.2, 0) is 0 Å². The molecule has 1 heteroatoms. The minimum atomic E-state index is 0.669. The molecule has 0 radical (unpaired) electrons. The van der Waals surface area contributed by atoms with Crippen molar-refractivity contribution in [2.75, 3.05) is 0 Å². The van der Waals surface area contributed by atoms with E-state index in [-0.39, 0.29) is 0 Å². The second-order valence-corrected chi connectivity index (χ2v) is 3.10. The average molecular weight is 155 g/mol. The first-order valence-electron chi connectivity index (χ1n) is 4.66. The molecule has 0 bridgehead atoms. The van der Waals surface area contributed by atoms with E-state index in [1.807, 2.05) is 13.8 Å². The summed E-state index contributed by atoms with van der Waals surface area (Å²) in [5.41, 5.74) is 1.42. The van der Waals surface area contributed by atoms with Gasteiger partial charge in [0.15, 0.2) is 0 Å². The maximum Gasteiger partial charge on any atom is 0.0265 e. The van der Waals surface area contributed by atoms with Crippen molar-refractivity contribution < 1.29 is 0 Å². The van der Waals surface area contributed by atoms with Crippen molar-refractivity contribution in [3.8, 4) is 0 Å². The summed E-state index contributed by atoms with van der Waals surface area (Å²) in [6, 6.07) is 0.669. The van der Waals surface area contributed by atoms with E-state index >= 15 is 0 Å². The largest absolute Gasteiger partial charge is 0.386 e. The minimum Gasteiger partial charge on any atom is -0.386 e. The molecule has 0 aromatic carbocycles. The van der Waals surface area contributed by atoms with E-state index in [1.54, 1.807) is 0 Å². The Labute approximate surface area is 70.9 Å². The van der Waals surface area contributed by atoms with Gasteiger partial charge >= 0.3 is 0 Å². The van der Waals surface area contributed by atoms with Gasteiger partial charge in [0.2, 0.25) is 0 Å². The van der Waals surface area contributed by atoms with Gasteiger partial charge in [-0.1, -0.05) is 33.8 Å². The molecule has 0 saturated carbocycles. The second-order valence-electron chi connectivity index (χ2n) is 3.10. The van der Waals surface area contributed by atoms with Crippen LogP contribution in [0.1, 0.15) is 41.0 Å². The highest BCUT2D eigenvalue weighted by atomic mass is 14.9. The van der Waals surface area contributed by atoms with E-state index in [2.05, 4.69) is 32.2 Å². The summed E-state index contributed by atoms with van der Waals surface area (Å²) >= 11 is 0. The molecule has 0 aromatic rings. The van der Waals surface area contributed by atoms with Crippen LogP contribution < -0.4 is 5.32 Å². The molecule has 0 spiro atoms. The lowest BCUT2D eigenvalue weighted by Crippen LogP contribution is -2.20. The monoisotopic (exact) mass is 155 g/mol. The minimum absolute atomic E-state index is 0.669. The number of rotatable bonds is 1. The molecule has 1 atom stereocenters. The third kappa shape index (κ3) is 3.45. The van der Waals surface area contributed by atoms with Crippen molar-refractivity contribution in [2.45, 2.75) is 47.1 Å². The highest BCUT2D eigenvalue weighted by Crippen LogP contribution is 2.15. The van der Waals surface area contributed by atoms with Crippen LogP contribution >= 0.6 is 0 Å². The molecule has 11 heavy (non-hydrogen) atoms. The maximum atomic E-state index is 3.41. The van der Waals surface area contributed by atoms with E-state index in [1.165, 1.54) is 12.1 Å². The van der Waals surface area contributed by atoms with Crippen molar-refractivity contribution in [3.63, 3.8) is 0 Å². The van der Waals surface area contributed by atoms with Gasteiger partial charge in [-0.3, -0.25) is 0 Å². The van der Waals surface area contributed by atoms with E-state index in [4.69, 9.17) is 0 Å². The lowest BCUT2D eigenvalue weighted by atomic mass is 10.1. The fraction of sp³-hybridized carbons (Fsp3) is 0.800. The normalized spacial score (nSPS) is 22.0. The molecule has 0 fully saturated rings. The molecule has 1 unspecified atom stereocenters. The molecule has 1 heterocycles.